The molecule has 0 heterocycles. The van der Waals surface area contributed by atoms with Gasteiger partial charge in [0.1, 0.15) is 0 Å². The van der Waals surface area contributed by atoms with Crippen molar-refractivity contribution in [1.82, 2.24) is 0 Å². The Hall–Kier alpha value is -1.18. The number of carbonyl (C=O) groups excluding carboxylic acids is 1. The van der Waals surface area contributed by atoms with Gasteiger partial charge in [-0.25, -0.2) is 9.59 Å². The number of hydrogen-bond acceptors (Lipinski definition) is 6. The van der Waals surface area contributed by atoms with E-state index in [4.69, 9.17) is 21.8 Å². The zero-order chi connectivity index (χ0) is 11.2. The van der Waals surface area contributed by atoms with Crippen LogP contribution >= 0.6 is 0 Å². The Morgan fingerprint density at radius 3 is 2.29 bits per heavy atom. The highest BCUT2D eigenvalue weighted by atomic mass is 17.1. The molecule has 0 saturated heterocycles. The van der Waals surface area contributed by atoms with E-state index in [0.717, 1.165) is 0 Å². The minimum atomic E-state index is -1.76. The summed E-state index contributed by atoms with van der Waals surface area (Å²) in [5.41, 5.74) is 8.68. The van der Waals surface area contributed by atoms with Gasteiger partial charge in [-0.3, -0.25) is 0 Å². The second-order valence-corrected chi connectivity index (χ2v) is 3.02. The summed E-state index contributed by atoms with van der Waals surface area (Å²) in [5.74, 6) is -2.05. The van der Waals surface area contributed by atoms with E-state index in [2.05, 4.69) is 4.89 Å². The minimum absolute atomic E-state index is 0.00615. The molecule has 0 spiro atoms. The number of carboxylic acid groups (broad SMARTS) is 1. The Labute approximate surface area is 80.6 Å². The van der Waals surface area contributed by atoms with E-state index in [-0.39, 0.29) is 12.8 Å². The number of carbonyl (C=O) groups is 2. The topological polar surface area (TPSA) is 136 Å². The third kappa shape index (κ3) is 4.75. The summed E-state index contributed by atoms with van der Waals surface area (Å²) in [4.78, 5) is 24.3. The molecule has 0 radical (unpaired) electrons. The van der Waals surface area contributed by atoms with Crippen LogP contribution in [0, 0.1) is 0 Å². The van der Waals surface area contributed by atoms with Gasteiger partial charge in [0.2, 0.25) is 0 Å². The number of aliphatic carboxylic acids is 1. The maximum Gasteiger partial charge on any atom is 0.342 e. The zero-order valence-electron chi connectivity index (χ0n) is 7.60. The predicted molar refractivity (Wildman–Crippen MR) is 45.9 cm³/mol. The van der Waals surface area contributed by atoms with Crippen LogP contribution < -0.4 is 11.5 Å². The monoisotopic (exact) mass is 206 g/mol. The quantitative estimate of drug-likeness (QED) is 0.194. The molecule has 14 heavy (non-hydrogen) atoms. The molecule has 0 aromatic carbocycles. The lowest BCUT2D eigenvalue weighted by Gasteiger charge is -2.18. The first-order valence-electron chi connectivity index (χ1n) is 4.05. The fraction of sp³-hybridized carbons (Fsp3) is 0.714. The molecule has 82 valence electrons. The van der Waals surface area contributed by atoms with E-state index < -0.39 is 17.6 Å². The Morgan fingerprint density at radius 2 is 1.86 bits per heavy atom. The second kappa shape index (κ2) is 5.53. The molecule has 0 aliphatic heterocycles. The van der Waals surface area contributed by atoms with Crippen molar-refractivity contribution < 1.29 is 24.8 Å². The van der Waals surface area contributed by atoms with Gasteiger partial charge in [-0.2, -0.15) is 5.26 Å². The fourth-order valence-corrected chi connectivity index (χ4v) is 0.839. The van der Waals surface area contributed by atoms with Crippen molar-refractivity contribution in [2.75, 3.05) is 0 Å². The Balaban J connectivity index is 3.64. The maximum absolute atomic E-state index is 10.4. The average Bonchev–Trinajstić information content (AvgIpc) is 2.11. The number of rotatable bonds is 6. The third-order valence-corrected chi connectivity index (χ3v) is 1.72. The summed E-state index contributed by atoms with van der Waals surface area (Å²) in [6, 6.07) is 0. The van der Waals surface area contributed by atoms with Gasteiger partial charge in [0.05, 0.1) is 0 Å². The smallest absolute Gasteiger partial charge is 0.342 e. The highest BCUT2D eigenvalue weighted by Crippen LogP contribution is 2.07. The van der Waals surface area contributed by atoms with Gasteiger partial charge in [0.15, 0.2) is 5.66 Å². The molecule has 7 heteroatoms. The van der Waals surface area contributed by atoms with Crippen LogP contribution in [0.1, 0.15) is 25.7 Å². The zero-order valence-corrected chi connectivity index (χ0v) is 7.60. The lowest BCUT2D eigenvalue weighted by molar-refractivity contribution is -0.234. The van der Waals surface area contributed by atoms with Crippen molar-refractivity contribution in [1.29, 1.82) is 0 Å². The molecule has 0 aliphatic carbocycles. The molecule has 0 unspecified atom stereocenters. The van der Waals surface area contributed by atoms with Gasteiger partial charge >= 0.3 is 11.9 Å². The molecule has 0 aromatic rings. The summed E-state index contributed by atoms with van der Waals surface area (Å²) in [6.45, 7) is 0. The highest BCUT2D eigenvalue weighted by Gasteiger charge is 2.27. The predicted octanol–water partition coefficient (Wildman–Crippen LogP) is -0.739. The molecular formula is C7H14N2O5. The van der Waals surface area contributed by atoms with Gasteiger partial charge in [-0.15, -0.1) is 0 Å². The molecule has 0 aromatic heterocycles. The van der Waals surface area contributed by atoms with E-state index in [1.54, 1.807) is 0 Å². The van der Waals surface area contributed by atoms with E-state index in [9.17, 15) is 9.59 Å². The van der Waals surface area contributed by atoms with Crippen molar-refractivity contribution in [3.63, 3.8) is 0 Å². The van der Waals surface area contributed by atoms with Crippen LogP contribution in [0.2, 0.25) is 0 Å². The molecular weight excluding hydrogens is 192 g/mol. The summed E-state index contributed by atoms with van der Waals surface area (Å²) < 4.78 is 0. The SMILES string of the molecule is NC(N)(CCCCC(=O)OO)C(=O)O. The molecule has 6 N–H and O–H groups in total. The summed E-state index contributed by atoms with van der Waals surface area (Å²) in [5, 5.41) is 16.4. The Morgan fingerprint density at radius 1 is 1.29 bits per heavy atom. The fourth-order valence-electron chi connectivity index (χ4n) is 0.839. The molecule has 0 amide bonds. The van der Waals surface area contributed by atoms with Crippen LogP contribution in [0.25, 0.3) is 0 Å². The van der Waals surface area contributed by atoms with E-state index in [0.29, 0.717) is 12.8 Å². The first kappa shape index (κ1) is 12.8. The first-order valence-corrected chi connectivity index (χ1v) is 4.05. The van der Waals surface area contributed by atoms with Crippen molar-refractivity contribution >= 4 is 11.9 Å². The van der Waals surface area contributed by atoms with Crippen LogP contribution in [0.4, 0.5) is 0 Å². The number of unbranched alkanes of at least 4 members (excludes halogenated alkanes) is 1. The average molecular weight is 206 g/mol. The van der Waals surface area contributed by atoms with E-state index in [1.807, 2.05) is 0 Å². The summed E-state index contributed by atoms with van der Waals surface area (Å²) in [6.07, 6.45) is 0.796. The van der Waals surface area contributed by atoms with Gasteiger partial charge in [0.25, 0.3) is 0 Å². The molecule has 0 aliphatic rings. The van der Waals surface area contributed by atoms with Gasteiger partial charge in [0, 0.05) is 6.42 Å². The van der Waals surface area contributed by atoms with Crippen molar-refractivity contribution in [3.05, 3.63) is 0 Å². The standard InChI is InChI=1S/C7H14N2O5/c8-7(9,6(11)12)4-2-1-3-5(10)14-13/h13H,1-4,8-9H2,(H,11,12). The summed E-state index contributed by atoms with van der Waals surface area (Å²) in [7, 11) is 0. The number of hydrogen-bond donors (Lipinski definition) is 4. The van der Waals surface area contributed by atoms with Crippen LogP contribution in [-0.4, -0.2) is 28.0 Å². The molecule has 7 nitrogen and oxygen atoms in total. The van der Waals surface area contributed by atoms with Crippen LogP contribution in [0.5, 0.6) is 0 Å². The number of carboxylic acids is 1. The van der Waals surface area contributed by atoms with Gasteiger partial charge in [-0.1, -0.05) is 0 Å². The molecule has 0 bridgehead atoms. The second-order valence-electron chi connectivity index (χ2n) is 3.02. The maximum atomic E-state index is 10.4. The Bertz CT molecular complexity index is 216. The lowest BCUT2D eigenvalue weighted by Crippen LogP contribution is -2.56. The van der Waals surface area contributed by atoms with E-state index >= 15 is 0 Å². The molecule has 0 atom stereocenters. The van der Waals surface area contributed by atoms with Crippen molar-refractivity contribution in [2.24, 2.45) is 11.5 Å². The van der Waals surface area contributed by atoms with Crippen LogP contribution in [0.3, 0.4) is 0 Å². The van der Waals surface area contributed by atoms with Gasteiger partial charge < -0.3 is 21.5 Å². The Kier molecular flexibility index (Phi) is 5.06. The molecule has 0 saturated carbocycles. The van der Waals surface area contributed by atoms with Crippen LogP contribution in [0.15, 0.2) is 0 Å². The number of nitrogens with two attached hydrogens (primary N) is 2. The van der Waals surface area contributed by atoms with Crippen LogP contribution in [-0.2, 0) is 14.5 Å². The molecule has 0 fully saturated rings. The van der Waals surface area contributed by atoms with Crippen molar-refractivity contribution in [2.45, 2.75) is 31.3 Å². The van der Waals surface area contributed by atoms with Crippen molar-refractivity contribution in [3.8, 4) is 0 Å². The van der Waals surface area contributed by atoms with E-state index in [1.165, 1.54) is 0 Å². The lowest BCUT2D eigenvalue weighted by atomic mass is 10.0. The molecule has 0 rings (SSSR count). The normalized spacial score (nSPS) is 11.1. The highest BCUT2D eigenvalue weighted by molar-refractivity contribution is 5.77. The largest absolute Gasteiger partial charge is 0.479 e. The summed E-state index contributed by atoms with van der Waals surface area (Å²) >= 11 is 0. The minimum Gasteiger partial charge on any atom is -0.479 e. The third-order valence-electron chi connectivity index (χ3n) is 1.72. The first-order chi connectivity index (χ1) is 6.40. The van der Waals surface area contributed by atoms with Gasteiger partial charge in [-0.05, 0) is 19.3 Å².